The Morgan fingerprint density at radius 2 is 2.10 bits per heavy atom. The van der Waals surface area contributed by atoms with E-state index in [0.717, 1.165) is 15.3 Å². The number of thioether (sulfide) groups is 1. The standard InChI is InChI=1S/C14H13BrFNOS2/c15-13-6-5-10(20-13)9-19-8-7-17-14(18)11-3-1-2-4-12(11)16/h1-6H,7-9H2,(H,17,18). The lowest BCUT2D eigenvalue weighted by Crippen LogP contribution is -2.26. The molecule has 0 aliphatic rings. The maximum absolute atomic E-state index is 13.4. The molecular formula is C14H13BrFNOS2. The van der Waals surface area contributed by atoms with Crippen molar-refractivity contribution in [3.63, 3.8) is 0 Å². The highest BCUT2D eigenvalue weighted by molar-refractivity contribution is 9.11. The van der Waals surface area contributed by atoms with Crippen molar-refractivity contribution in [1.82, 2.24) is 5.32 Å². The van der Waals surface area contributed by atoms with Crippen molar-refractivity contribution in [1.29, 1.82) is 0 Å². The molecule has 6 heteroatoms. The first-order valence-electron chi connectivity index (χ1n) is 6.01. The summed E-state index contributed by atoms with van der Waals surface area (Å²) in [6, 6.07) is 10.1. The number of amides is 1. The number of nitrogens with one attached hydrogen (secondary N) is 1. The Labute approximate surface area is 133 Å². The van der Waals surface area contributed by atoms with Gasteiger partial charge in [-0.15, -0.1) is 11.3 Å². The predicted octanol–water partition coefficient (Wildman–Crippen LogP) is 4.31. The third-order valence-corrected chi connectivity index (χ3v) is 5.34. The van der Waals surface area contributed by atoms with Gasteiger partial charge in [0.1, 0.15) is 5.82 Å². The van der Waals surface area contributed by atoms with Crippen LogP contribution in [0, 0.1) is 5.82 Å². The molecule has 1 aromatic heterocycles. The molecule has 0 spiro atoms. The first kappa shape index (κ1) is 15.5. The number of halogens is 2. The van der Waals surface area contributed by atoms with E-state index in [9.17, 15) is 9.18 Å². The van der Waals surface area contributed by atoms with Crippen LogP contribution in [-0.2, 0) is 5.75 Å². The Hall–Kier alpha value is -0.850. The molecule has 1 heterocycles. The van der Waals surface area contributed by atoms with Crippen molar-refractivity contribution in [3.05, 3.63) is 56.4 Å². The highest BCUT2D eigenvalue weighted by Crippen LogP contribution is 2.25. The van der Waals surface area contributed by atoms with E-state index in [1.165, 1.54) is 17.0 Å². The molecule has 0 saturated carbocycles. The molecule has 0 atom stereocenters. The van der Waals surface area contributed by atoms with Crippen molar-refractivity contribution in [2.75, 3.05) is 12.3 Å². The van der Waals surface area contributed by atoms with Gasteiger partial charge in [-0.2, -0.15) is 11.8 Å². The van der Waals surface area contributed by atoms with Gasteiger partial charge in [0.15, 0.2) is 0 Å². The largest absolute Gasteiger partial charge is 0.351 e. The number of benzene rings is 1. The molecule has 2 aromatic rings. The van der Waals surface area contributed by atoms with Crippen molar-refractivity contribution >= 4 is 44.9 Å². The summed E-state index contributed by atoms with van der Waals surface area (Å²) in [6.45, 7) is 0.532. The van der Waals surface area contributed by atoms with Crippen LogP contribution in [0.2, 0.25) is 0 Å². The third-order valence-electron chi connectivity index (χ3n) is 2.52. The minimum atomic E-state index is -0.485. The average molecular weight is 374 g/mol. The Morgan fingerprint density at radius 1 is 1.30 bits per heavy atom. The van der Waals surface area contributed by atoms with E-state index in [-0.39, 0.29) is 11.5 Å². The maximum Gasteiger partial charge on any atom is 0.254 e. The lowest BCUT2D eigenvalue weighted by atomic mass is 10.2. The quantitative estimate of drug-likeness (QED) is 0.764. The van der Waals surface area contributed by atoms with Crippen LogP contribution in [0.15, 0.2) is 40.2 Å². The molecule has 1 N–H and O–H groups in total. The molecule has 2 rings (SSSR count). The van der Waals surface area contributed by atoms with E-state index >= 15 is 0 Å². The van der Waals surface area contributed by atoms with Crippen molar-refractivity contribution in [2.24, 2.45) is 0 Å². The maximum atomic E-state index is 13.4. The van der Waals surface area contributed by atoms with Crippen LogP contribution in [0.4, 0.5) is 4.39 Å². The molecule has 0 aliphatic carbocycles. The highest BCUT2D eigenvalue weighted by Gasteiger charge is 2.09. The van der Waals surface area contributed by atoms with Crippen molar-refractivity contribution < 1.29 is 9.18 Å². The molecule has 1 amide bonds. The van der Waals surface area contributed by atoms with Crippen LogP contribution in [0.5, 0.6) is 0 Å². The van der Waals surface area contributed by atoms with Gasteiger partial charge in [-0.1, -0.05) is 12.1 Å². The molecule has 20 heavy (non-hydrogen) atoms. The van der Waals surface area contributed by atoms with Gasteiger partial charge in [0, 0.05) is 22.9 Å². The van der Waals surface area contributed by atoms with Crippen molar-refractivity contribution in [2.45, 2.75) is 5.75 Å². The zero-order valence-electron chi connectivity index (χ0n) is 10.6. The Balaban J connectivity index is 1.68. The molecule has 2 nitrogen and oxygen atoms in total. The number of hydrogen-bond donors (Lipinski definition) is 1. The number of thiophene rings is 1. The number of rotatable bonds is 6. The molecule has 1 aromatic carbocycles. The second-order valence-electron chi connectivity index (χ2n) is 3.99. The molecule has 0 fully saturated rings. The Morgan fingerprint density at radius 3 is 2.80 bits per heavy atom. The van der Waals surface area contributed by atoms with E-state index in [1.54, 1.807) is 35.2 Å². The first-order chi connectivity index (χ1) is 9.66. The summed E-state index contributed by atoms with van der Waals surface area (Å²) in [5.74, 6) is 0.880. The molecule has 0 unspecified atom stereocenters. The third kappa shape index (κ3) is 4.61. The summed E-state index contributed by atoms with van der Waals surface area (Å²) >= 11 is 6.88. The second kappa shape index (κ2) is 7.81. The number of carbonyl (C=O) groups excluding carboxylic acids is 1. The van der Waals surface area contributed by atoms with Crippen molar-refractivity contribution in [3.8, 4) is 0 Å². The van der Waals surface area contributed by atoms with Gasteiger partial charge in [0.05, 0.1) is 9.35 Å². The van der Waals surface area contributed by atoms with Crippen LogP contribution in [0.25, 0.3) is 0 Å². The SMILES string of the molecule is O=C(NCCSCc1ccc(Br)s1)c1ccccc1F. The van der Waals surface area contributed by atoms with Gasteiger partial charge in [-0.3, -0.25) is 4.79 Å². The molecule has 0 bridgehead atoms. The lowest BCUT2D eigenvalue weighted by Gasteiger charge is -2.05. The van der Waals surface area contributed by atoms with Gasteiger partial charge in [0.2, 0.25) is 0 Å². The van der Waals surface area contributed by atoms with E-state index in [4.69, 9.17) is 0 Å². The van der Waals surface area contributed by atoms with Gasteiger partial charge in [-0.25, -0.2) is 4.39 Å². The highest BCUT2D eigenvalue weighted by atomic mass is 79.9. The number of hydrogen-bond acceptors (Lipinski definition) is 3. The van der Waals surface area contributed by atoms with Gasteiger partial charge in [0.25, 0.3) is 5.91 Å². The fraction of sp³-hybridized carbons (Fsp3) is 0.214. The minimum Gasteiger partial charge on any atom is -0.351 e. The van der Waals surface area contributed by atoms with E-state index in [2.05, 4.69) is 27.3 Å². The smallest absolute Gasteiger partial charge is 0.254 e. The first-order valence-corrected chi connectivity index (χ1v) is 8.78. The summed E-state index contributed by atoms with van der Waals surface area (Å²) in [6.07, 6.45) is 0. The summed E-state index contributed by atoms with van der Waals surface area (Å²) in [7, 11) is 0. The second-order valence-corrected chi connectivity index (χ2v) is 7.65. The van der Waals surface area contributed by atoms with Crippen LogP contribution in [0.3, 0.4) is 0 Å². The summed E-state index contributed by atoms with van der Waals surface area (Å²) in [4.78, 5) is 13.0. The predicted molar refractivity (Wildman–Crippen MR) is 86.9 cm³/mol. The minimum absolute atomic E-state index is 0.0969. The molecule has 0 radical (unpaired) electrons. The van der Waals surface area contributed by atoms with Gasteiger partial charge >= 0.3 is 0 Å². The van der Waals surface area contributed by atoms with Crippen LogP contribution >= 0.6 is 39.0 Å². The zero-order chi connectivity index (χ0) is 14.4. The molecule has 0 aliphatic heterocycles. The molecular weight excluding hydrogens is 361 g/mol. The number of carbonyl (C=O) groups is 1. The monoisotopic (exact) mass is 373 g/mol. The Bertz CT molecular complexity index is 588. The van der Waals surface area contributed by atoms with E-state index in [0.29, 0.717) is 6.54 Å². The summed E-state index contributed by atoms with van der Waals surface area (Å²) in [5, 5.41) is 2.73. The summed E-state index contributed by atoms with van der Waals surface area (Å²) < 4.78 is 14.5. The fourth-order valence-corrected chi connectivity index (χ4v) is 4.03. The normalized spacial score (nSPS) is 10.5. The average Bonchev–Trinajstić information content (AvgIpc) is 2.84. The van der Waals surface area contributed by atoms with E-state index < -0.39 is 5.82 Å². The van der Waals surface area contributed by atoms with Crippen LogP contribution in [-0.4, -0.2) is 18.2 Å². The van der Waals surface area contributed by atoms with Gasteiger partial charge in [-0.05, 0) is 40.2 Å². The molecule has 106 valence electrons. The van der Waals surface area contributed by atoms with E-state index in [1.807, 2.05) is 6.07 Å². The van der Waals surface area contributed by atoms with Gasteiger partial charge < -0.3 is 5.32 Å². The zero-order valence-corrected chi connectivity index (χ0v) is 13.8. The fourth-order valence-electron chi connectivity index (χ4n) is 1.58. The van der Waals surface area contributed by atoms with Crippen LogP contribution in [0.1, 0.15) is 15.2 Å². The molecule has 0 saturated heterocycles. The van der Waals surface area contributed by atoms with Crippen LogP contribution < -0.4 is 5.32 Å². The summed E-state index contributed by atoms with van der Waals surface area (Å²) in [5.41, 5.74) is 0.0969. The Kier molecular flexibility index (Phi) is 6.06. The topological polar surface area (TPSA) is 29.1 Å². The lowest BCUT2D eigenvalue weighted by molar-refractivity contribution is 0.0952.